The summed E-state index contributed by atoms with van der Waals surface area (Å²) in [6.45, 7) is 5.65. The first-order valence-electron chi connectivity index (χ1n) is 11.4. The van der Waals surface area contributed by atoms with Crippen LogP contribution in [0.3, 0.4) is 0 Å². The van der Waals surface area contributed by atoms with Crippen molar-refractivity contribution in [2.75, 3.05) is 11.1 Å². The number of nitrogens with one attached hydrogen (secondary N) is 1. The van der Waals surface area contributed by atoms with Gasteiger partial charge in [0.05, 0.1) is 21.5 Å². The van der Waals surface area contributed by atoms with E-state index in [-0.39, 0.29) is 27.8 Å². The van der Waals surface area contributed by atoms with Gasteiger partial charge in [-0.3, -0.25) is 9.59 Å². The van der Waals surface area contributed by atoms with Gasteiger partial charge in [0.25, 0.3) is 5.91 Å². The molecule has 1 heterocycles. The number of ketones is 1. The van der Waals surface area contributed by atoms with E-state index in [4.69, 9.17) is 5.73 Å². The first kappa shape index (κ1) is 28.1. The highest BCUT2D eigenvalue weighted by Crippen LogP contribution is 2.37. The van der Waals surface area contributed by atoms with Gasteiger partial charge in [-0.2, -0.15) is 26.3 Å². The van der Waals surface area contributed by atoms with Crippen LogP contribution in [0.15, 0.2) is 42.5 Å². The molecule has 0 radical (unpaired) electrons. The van der Waals surface area contributed by atoms with Crippen molar-refractivity contribution in [2.24, 2.45) is 0 Å². The smallest absolute Gasteiger partial charge is 0.397 e. The lowest BCUT2D eigenvalue weighted by Gasteiger charge is -2.13. The molecule has 1 aromatic heterocycles. The Morgan fingerprint density at radius 2 is 1.44 bits per heavy atom. The maximum atomic E-state index is 13.2. The number of hydrogen-bond acceptors (Lipinski definition) is 5. The summed E-state index contributed by atoms with van der Waals surface area (Å²) in [6.07, 6.45) is -10.8. The van der Waals surface area contributed by atoms with Crippen LogP contribution in [0.4, 0.5) is 37.7 Å². The zero-order valence-corrected chi connectivity index (χ0v) is 21.6. The Labute approximate surface area is 222 Å². The summed E-state index contributed by atoms with van der Waals surface area (Å²) in [6, 6.07) is 7.71. The number of carbonyl (C=O) groups excluding carboxylic acids is 2. The Morgan fingerprint density at radius 3 is 1.97 bits per heavy atom. The maximum absolute atomic E-state index is 13.2. The fraction of sp³-hybridized carbons (Fsp3) is 0.222. The third kappa shape index (κ3) is 6.06. The van der Waals surface area contributed by atoms with Crippen LogP contribution in [0.2, 0.25) is 0 Å². The number of nitrogens with two attached hydrogens (primary N) is 1. The highest BCUT2D eigenvalue weighted by Gasteiger charge is 2.37. The first-order chi connectivity index (χ1) is 18.0. The van der Waals surface area contributed by atoms with E-state index >= 15 is 0 Å². The number of aromatic nitrogens is 1. The number of rotatable bonds is 5. The van der Waals surface area contributed by atoms with Gasteiger partial charge in [-0.25, -0.2) is 4.98 Å². The van der Waals surface area contributed by atoms with Gasteiger partial charge in [0.15, 0.2) is 10.8 Å². The van der Waals surface area contributed by atoms with Gasteiger partial charge in [-0.15, -0.1) is 11.3 Å². The average Bonchev–Trinajstić information content (AvgIpc) is 3.25. The van der Waals surface area contributed by atoms with E-state index in [0.29, 0.717) is 22.5 Å². The van der Waals surface area contributed by atoms with Crippen molar-refractivity contribution in [2.45, 2.75) is 39.5 Å². The van der Waals surface area contributed by atoms with Crippen molar-refractivity contribution in [1.82, 2.24) is 4.98 Å². The van der Waals surface area contributed by atoms with Gasteiger partial charge in [0.1, 0.15) is 5.52 Å². The normalized spacial score (nSPS) is 12.1. The number of hydrogen-bond donors (Lipinski definition) is 2. The summed E-state index contributed by atoms with van der Waals surface area (Å²) in [4.78, 5) is 30.0. The molecule has 0 fully saturated rings. The third-order valence-corrected chi connectivity index (χ3v) is 7.00. The molecule has 204 valence electrons. The van der Waals surface area contributed by atoms with Gasteiger partial charge >= 0.3 is 12.4 Å². The lowest BCUT2D eigenvalue weighted by atomic mass is 10.0. The molecule has 0 unspecified atom stereocenters. The second-order valence-corrected chi connectivity index (χ2v) is 10.2. The minimum atomic E-state index is -5.03. The molecule has 4 rings (SSSR count). The predicted molar refractivity (Wildman–Crippen MR) is 137 cm³/mol. The van der Waals surface area contributed by atoms with Crippen molar-refractivity contribution in [3.8, 4) is 0 Å². The second-order valence-electron chi connectivity index (χ2n) is 9.17. The molecule has 3 aromatic carbocycles. The van der Waals surface area contributed by atoms with E-state index < -0.39 is 47.2 Å². The van der Waals surface area contributed by atoms with Crippen LogP contribution in [0.5, 0.6) is 0 Å². The minimum absolute atomic E-state index is 0.00146. The number of anilines is 2. The maximum Gasteiger partial charge on any atom is 0.416 e. The number of Topliss-reactive ketones (excluding diaryl/α,β-unsaturated/α-hetero) is 1. The molecule has 0 aliphatic rings. The fourth-order valence-corrected chi connectivity index (χ4v) is 5.23. The van der Waals surface area contributed by atoms with E-state index in [1.165, 1.54) is 12.1 Å². The lowest BCUT2D eigenvalue weighted by Crippen LogP contribution is -2.14. The van der Waals surface area contributed by atoms with Gasteiger partial charge in [0, 0.05) is 17.7 Å². The van der Waals surface area contributed by atoms with Crippen LogP contribution in [0.1, 0.15) is 53.5 Å². The van der Waals surface area contributed by atoms with Crippen molar-refractivity contribution in [1.29, 1.82) is 0 Å². The molecular formula is C27H21F6N3O2S. The number of nitrogen functional groups attached to an aromatic ring is 1. The van der Waals surface area contributed by atoms with Crippen LogP contribution in [-0.4, -0.2) is 16.7 Å². The molecular weight excluding hydrogens is 544 g/mol. The van der Waals surface area contributed by atoms with Crippen molar-refractivity contribution in [3.63, 3.8) is 0 Å². The Hall–Kier alpha value is -3.93. The third-order valence-electron chi connectivity index (χ3n) is 5.95. The molecule has 0 aliphatic heterocycles. The molecule has 0 aliphatic carbocycles. The molecule has 4 aromatic rings. The molecule has 39 heavy (non-hydrogen) atoms. The van der Waals surface area contributed by atoms with Crippen LogP contribution >= 0.6 is 11.3 Å². The molecule has 0 atom stereocenters. The number of fused-ring (bicyclic) bond motifs is 1. The molecule has 1 amide bonds. The van der Waals surface area contributed by atoms with Gasteiger partial charge in [0.2, 0.25) is 0 Å². The van der Waals surface area contributed by atoms with Gasteiger partial charge in [-0.1, -0.05) is 17.7 Å². The average molecular weight is 566 g/mol. The molecule has 0 saturated heterocycles. The zero-order valence-electron chi connectivity index (χ0n) is 20.8. The zero-order chi connectivity index (χ0) is 28.9. The van der Waals surface area contributed by atoms with Gasteiger partial charge < -0.3 is 11.1 Å². The van der Waals surface area contributed by atoms with Crippen LogP contribution in [0.25, 0.3) is 10.2 Å². The number of thiazole rings is 1. The summed E-state index contributed by atoms with van der Waals surface area (Å²) in [5.41, 5.74) is 6.47. The monoisotopic (exact) mass is 565 g/mol. The predicted octanol–water partition coefficient (Wildman–Crippen LogP) is 7.52. The van der Waals surface area contributed by atoms with Crippen LogP contribution in [-0.2, 0) is 18.8 Å². The van der Waals surface area contributed by atoms with Crippen molar-refractivity contribution in [3.05, 3.63) is 86.4 Å². The SMILES string of the molecule is Cc1cc(C)c(NC(=O)c2cc(N)c3nc(C(=O)Cc4cc(C(F)(F)F)cc(C(F)(F)F)c4)sc3c2)c(C)c1. The number of halogens is 6. The Morgan fingerprint density at radius 1 is 0.872 bits per heavy atom. The Bertz CT molecular complexity index is 1570. The quantitative estimate of drug-likeness (QED) is 0.149. The molecule has 0 bridgehead atoms. The summed E-state index contributed by atoms with van der Waals surface area (Å²) in [5, 5.41) is 2.69. The molecule has 0 spiro atoms. The molecule has 3 N–H and O–H groups in total. The summed E-state index contributed by atoms with van der Waals surface area (Å²) in [5.74, 6) is -1.25. The molecule has 5 nitrogen and oxygen atoms in total. The highest BCUT2D eigenvalue weighted by atomic mass is 32.1. The topological polar surface area (TPSA) is 85.1 Å². The van der Waals surface area contributed by atoms with Crippen molar-refractivity contribution >= 4 is 44.6 Å². The van der Waals surface area contributed by atoms with Gasteiger partial charge in [-0.05, 0) is 67.8 Å². The Kier molecular flexibility index (Phi) is 7.20. The number of alkyl halides is 6. The largest absolute Gasteiger partial charge is 0.416 e. The standard InChI is InChI=1S/C27H21F6N3O2S/c1-12-4-13(2)22(14(3)5-12)35-24(38)16-9-19(34)23-21(10-16)39-25(36-23)20(37)8-15-6-17(26(28,29)30)11-18(7-15)27(31,32)33/h4-7,9-11H,8,34H2,1-3H3,(H,35,38). The summed E-state index contributed by atoms with van der Waals surface area (Å²) in [7, 11) is 0. The number of amides is 1. The minimum Gasteiger partial charge on any atom is -0.397 e. The van der Waals surface area contributed by atoms with E-state index in [0.717, 1.165) is 28.0 Å². The van der Waals surface area contributed by atoms with Crippen molar-refractivity contribution < 1.29 is 35.9 Å². The number of carbonyl (C=O) groups is 2. The summed E-state index contributed by atoms with van der Waals surface area (Å²) < 4.78 is 79.4. The van der Waals surface area contributed by atoms with Crippen LogP contribution < -0.4 is 11.1 Å². The highest BCUT2D eigenvalue weighted by molar-refractivity contribution is 7.20. The Balaban J connectivity index is 1.63. The number of nitrogens with zero attached hydrogens (tertiary/aromatic N) is 1. The fourth-order valence-electron chi connectivity index (χ4n) is 4.25. The van der Waals surface area contributed by atoms with E-state index in [1.807, 2.05) is 32.9 Å². The molecule has 0 saturated carbocycles. The van der Waals surface area contributed by atoms with E-state index in [2.05, 4.69) is 10.3 Å². The first-order valence-corrected chi connectivity index (χ1v) is 12.3. The number of aryl methyl sites for hydroxylation is 3. The molecule has 12 heteroatoms. The summed E-state index contributed by atoms with van der Waals surface area (Å²) >= 11 is 0.839. The number of benzene rings is 3. The second kappa shape index (κ2) is 9.99. The lowest BCUT2D eigenvalue weighted by molar-refractivity contribution is -0.143. The van der Waals surface area contributed by atoms with E-state index in [9.17, 15) is 35.9 Å². The van der Waals surface area contributed by atoms with E-state index in [1.54, 1.807) is 0 Å². The van der Waals surface area contributed by atoms with Crippen LogP contribution in [0, 0.1) is 20.8 Å².